The molecule has 0 aliphatic carbocycles. The molecule has 1 heterocycles. The molecule has 7 heteroatoms. The Morgan fingerprint density at radius 1 is 1.15 bits per heavy atom. The summed E-state index contributed by atoms with van der Waals surface area (Å²) in [5.41, 5.74) is 1.87. The number of carbonyl (C=O) groups is 1. The maximum Gasteiger partial charge on any atom is 0.226 e. The minimum atomic E-state index is -0.0350. The van der Waals surface area contributed by atoms with Gasteiger partial charge in [-0.3, -0.25) is 4.79 Å². The van der Waals surface area contributed by atoms with Gasteiger partial charge in [-0.15, -0.1) is 24.0 Å². The number of halogens is 1. The van der Waals surface area contributed by atoms with Gasteiger partial charge in [0.2, 0.25) is 5.91 Å². The normalized spacial score (nSPS) is 11.0. The molecule has 0 atom stereocenters. The topological polar surface area (TPSA) is 78.7 Å². The number of furan rings is 1. The number of hydrogen-bond donors (Lipinski definition) is 3. The van der Waals surface area contributed by atoms with Crippen LogP contribution in [-0.4, -0.2) is 18.4 Å². The average Bonchev–Trinajstić information content (AvgIpc) is 3.12. The van der Waals surface area contributed by atoms with Crippen LogP contribution in [0, 0.1) is 5.92 Å². The van der Waals surface area contributed by atoms with Gasteiger partial charge in [-0.05, 0) is 36.8 Å². The summed E-state index contributed by atoms with van der Waals surface area (Å²) in [5, 5.41) is 9.32. The summed E-state index contributed by atoms with van der Waals surface area (Å²) in [6, 6.07) is 11.5. The van der Waals surface area contributed by atoms with Crippen molar-refractivity contribution in [2.45, 2.75) is 33.9 Å². The summed E-state index contributed by atoms with van der Waals surface area (Å²) < 4.78 is 5.31. The number of guanidine groups is 1. The van der Waals surface area contributed by atoms with Crippen LogP contribution in [0.3, 0.4) is 0 Å². The molecule has 0 bridgehead atoms. The third-order valence-corrected chi connectivity index (χ3v) is 3.52. The van der Waals surface area contributed by atoms with E-state index in [2.05, 4.69) is 20.9 Å². The molecular formula is C19H27IN4O2. The maximum absolute atomic E-state index is 11.7. The molecule has 1 aromatic carbocycles. The maximum atomic E-state index is 11.7. The Kier molecular flexibility index (Phi) is 9.79. The van der Waals surface area contributed by atoms with Gasteiger partial charge in [0.25, 0.3) is 0 Å². The summed E-state index contributed by atoms with van der Waals surface area (Å²) in [5.74, 6) is 1.57. The number of aliphatic imine (C=N–C) groups is 1. The smallest absolute Gasteiger partial charge is 0.226 e. The third-order valence-electron chi connectivity index (χ3n) is 3.52. The summed E-state index contributed by atoms with van der Waals surface area (Å²) >= 11 is 0. The first-order chi connectivity index (χ1) is 12.1. The van der Waals surface area contributed by atoms with Crippen molar-refractivity contribution < 1.29 is 9.21 Å². The number of rotatable bonds is 7. The van der Waals surface area contributed by atoms with Crippen molar-refractivity contribution in [1.29, 1.82) is 0 Å². The molecule has 2 aromatic rings. The van der Waals surface area contributed by atoms with E-state index in [0.717, 1.165) is 29.5 Å². The highest BCUT2D eigenvalue weighted by Crippen LogP contribution is 2.11. The molecule has 0 saturated heterocycles. The molecule has 0 aliphatic rings. The zero-order chi connectivity index (χ0) is 18.1. The van der Waals surface area contributed by atoms with Crippen molar-refractivity contribution in [3.05, 3.63) is 54.0 Å². The molecule has 6 nitrogen and oxygen atoms in total. The van der Waals surface area contributed by atoms with E-state index in [1.165, 1.54) is 0 Å². The Balaban J connectivity index is 0.00000338. The molecule has 1 aromatic heterocycles. The highest BCUT2D eigenvalue weighted by molar-refractivity contribution is 14.0. The molecule has 142 valence electrons. The van der Waals surface area contributed by atoms with E-state index in [-0.39, 0.29) is 35.8 Å². The molecule has 0 radical (unpaired) electrons. The summed E-state index contributed by atoms with van der Waals surface area (Å²) in [6.45, 7) is 7.68. The van der Waals surface area contributed by atoms with E-state index < -0.39 is 0 Å². The highest BCUT2D eigenvalue weighted by Gasteiger charge is 2.06. The zero-order valence-electron chi connectivity index (χ0n) is 15.4. The van der Waals surface area contributed by atoms with Crippen LogP contribution in [0.5, 0.6) is 0 Å². The molecule has 0 saturated carbocycles. The van der Waals surface area contributed by atoms with Crippen molar-refractivity contribution in [2.24, 2.45) is 10.9 Å². The lowest BCUT2D eigenvalue weighted by atomic mass is 10.2. The molecule has 2 rings (SSSR count). The SMILES string of the molecule is CCNC(=NCc1ccc(NC(=O)C(C)C)cc1)NCc1ccco1.I. The number of anilines is 1. The van der Waals surface area contributed by atoms with E-state index in [1.807, 2.05) is 57.2 Å². The number of benzene rings is 1. The van der Waals surface area contributed by atoms with E-state index in [9.17, 15) is 4.79 Å². The lowest BCUT2D eigenvalue weighted by Gasteiger charge is -2.11. The highest BCUT2D eigenvalue weighted by atomic mass is 127. The monoisotopic (exact) mass is 470 g/mol. The Hall–Kier alpha value is -2.03. The summed E-state index contributed by atoms with van der Waals surface area (Å²) in [7, 11) is 0. The average molecular weight is 470 g/mol. The standard InChI is InChI=1S/C19H26N4O2.HI/c1-4-20-19(22-13-17-6-5-11-25-17)21-12-15-7-9-16(10-8-15)23-18(24)14(2)3;/h5-11,14H,4,12-13H2,1-3H3,(H,23,24)(H2,20,21,22);1H. The Labute approximate surface area is 171 Å². The third kappa shape index (κ3) is 7.47. The molecular weight excluding hydrogens is 443 g/mol. The van der Waals surface area contributed by atoms with E-state index in [0.29, 0.717) is 13.1 Å². The second kappa shape index (κ2) is 11.6. The fourth-order valence-corrected chi connectivity index (χ4v) is 2.08. The molecule has 0 spiro atoms. The van der Waals surface area contributed by atoms with Crippen LogP contribution in [0.2, 0.25) is 0 Å². The molecule has 26 heavy (non-hydrogen) atoms. The number of carbonyl (C=O) groups excluding carboxylic acids is 1. The van der Waals surface area contributed by atoms with Gasteiger partial charge in [0.15, 0.2) is 5.96 Å². The quantitative estimate of drug-likeness (QED) is 0.327. The fourth-order valence-electron chi connectivity index (χ4n) is 2.08. The summed E-state index contributed by atoms with van der Waals surface area (Å²) in [6.07, 6.45) is 1.65. The van der Waals surface area contributed by atoms with Crippen LogP contribution in [-0.2, 0) is 17.9 Å². The second-order valence-corrected chi connectivity index (χ2v) is 5.97. The first kappa shape index (κ1) is 22.0. The Morgan fingerprint density at radius 2 is 1.88 bits per heavy atom. The van der Waals surface area contributed by atoms with Gasteiger partial charge in [-0.2, -0.15) is 0 Å². The van der Waals surface area contributed by atoms with Gasteiger partial charge in [0, 0.05) is 18.2 Å². The van der Waals surface area contributed by atoms with E-state index in [4.69, 9.17) is 4.42 Å². The minimum Gasteiger partial charge on any atom is -0.467 e. The van der Waals surface area contributed by atoms with Crippen molar-refractivity contribution in [3.8, 4) is 0 Å². The molecule has 0 fully saturated rings. The predicted molar refractivity (Wildman–Crippen MR) is 116 cm³/mol. The van der Waals surface area contributed by atoms with Crippen molar-refractivity contribution in [1.82, 2.24) is 10.6 Å². The predicted octanol–water partition coefficient (Wildman–Crippen LogP) is 3.75. The van der Waals surface area contributed by atoms with Crippen LogP contribution in [0.4, 0.5) is 5.69 Å². The molecule has 0 unspecified atom stereocenters. The Morgan fingerprint density at radius 3 is 2.46 bits per heavy atom. The van der Waals surface area contributed by atoms with Gasteiger partial charge >= 0.3 is 0 Å². The van der Waals surface area contributed by atoms with Crippen LogP contribution in [0.1, 0.15) is 32.1 Å². The van der Waals surface area contributed by atoms with Crippen LogP contribution in [0.15, 0.2) is 52.1 Å². The van der Waals surface area contributed by atoms with E-state index in [1.54, 1.807) is 6.26 Å². The van der Waals surface area contributed by atoms with Crippen LogP contribution in [0.25, 0.3) is 0 Å². The first-order valence-corrected chi connectivity index (χ1v) is 8.53. The minimum absolute atomic E-state index is 0. The fraction of sp³-hybridized carbons (Fsp3) is 0.368. The number of nitrogens with zero attached hydrogens (tertiary/aromatic N) is 1. The Bertz CT molecular complexity index is 682. The molecule has 1 amide bonds. The molecule has 3 N–H and O–H groups in total. The zero-order valence-corrected chi connectivity index (χ0v) is 17.7. The lowest BCUT2D eigenvalue weighted by molar-refractivity contribution is -0.118. The van der Waals surface area contributed by atoms with Gasteiger partial charge < -0.3 is 20.4 Å². The largest absolute Gasteiger partial charge is 0.467 e. The van der Waals surface area contributed by atoms with E-state index >= 15 is 0 Å². The van der Waals surface area contributed by atoms with Crippen molar-refractivity contribution in [3.63, 3.8) is 0 Å². The number of amides is 1. The second-order valence-electron chi connectivity index (χ2n) is 5.97. The number of nitrogens with one attached hydrogen (secondary N) is 3. The first-order valence-electron chi connectivity index (χ1n) is 8.53. The molecule has 0 aliphatic heterocycles. The van der Waals surface area contributed by atoms with Crippen LogP contribution >= 0.6 is 24.0 Å². The van der Waals surface area contributed by atoms with Crippen LogP contribution < -0.4 is 16.0 Å². The lowest BCUT2D eigenvalue weighted by Crippen LogP contribution is -2.36. The van der Waals surface area contributed by atoms with Gasteiger partial charge in [0.05, 0.1) is 19.4 Å². The van der Waals surface area contributed by atoms with Crippen molar-refractivity contribution in [2.75, 3.05) is 11.9 Å². The van der Waals surface area contributed by atoms with Gasteiger partial charge in [0.1, 0.15) is 5.76 Å². The van der Waals surface area contributed by atoms with Gasteiger partial charge in [-0.25, -0.2) is 4.99 Å². The summed E-state index contributed by atoms with van der Waals surface area (Å²) in [4.78, 5) is 16.3. The van der Waals surface area contributed by atoms with Crippen molar-refractivity contribution >= 4 is 41.5 Å². The van der Waals surface area contributed by atoms with Gasteiger partial charge in [-0.1, -0.05) is 26.0 Å². The number of hydrogen-bond acceptors (Lipinski definition) is 3.